The second-order valence-corrected chi connectivity index (χ2v) is 6.25. The summed E-state index contributed by atoms with van der Waals surface area (Å²) in [6.45, 7) is 4.95. The first-order valence-corrected chi connectivity index (χ1v) is 7.09. The number of carbonyl (C=O) groups excluding carboxylic acids is 1. The topological polar surface area (TPSA) is 77.8 Å². The Morgan fingerprint density at radius 2 is 1.79 bits per heavy atom. The SMILES string of the molecule is CC1CC(C(=O)O)C(C(=O)N2CCC(C)C(O)C2)C1. The summed E-state index contributed by atoms with van der Waals surface area (Å²) in [5.41, 5.74) is 0. The minimum absolute atomic E-state index is 0.0808. The van der Waals surface area contributed by atoms with E-state index in [0.29, 0.717) is 25.9 Å². The average molecular weight is 269 g/mol. The third-order valence-corrected chi connectivity index (χ3v) is 4.66. The fourth-order valence-corrected chi connectivity index (χ4v) is 3.32. The van der Waals surface area contributed by atoms with Crippen molar-refractivity contribution in [3.05, 3.63) is 0 Å². The van der Waals surface area contributed by atoms with Gasteiger partial charge in [-0.15, -0.1) is 0 Å². The van der Waals surface area contributed by atoms with E-state index in [1.807, 2.05) is 13.8 Å². The minimum atomic E-state index is -0.867. The summed E-state index contributed by atoms with van der Waals surface area (Å²) in [5, 5.41) is 19.1. The van der Waals surface area contributed by atoms with Crippen LogP contribution in [0.5, 0.6) is 0 Å². The lowest BCUT2D eigenvalue weighted by Crippen LogP contribution is -2.48. The molecule has 2 aliphatic rings. The van der Waals surface area contributed by atoms with Gasteiger partial charge in [-0.1, -0.05) is 13.8 Å². The van der Waals surface area contributed by atoms with Gasteiger partial charge in [0.1, 0.15) is 0 Å². The van der Waals surface area contributed by atoms with Gasteiger partial charge in [-0.3, -0.25) is 9.59 Å². The van der Waals surface area contributed by atoms with Crippen LogP contribution in [0, 0.1) is 23.7 Å². The molecule has 1 saturated carbocycles. The third-order valence-electron chi connectivity index (χ3n) is 4.66. The van der Waals surface area contributed by atoms with Crippen LogP contribution < -0.4 is 0 Å². The quantitative estimate of drug-likeness (QED) is 0.783. The van der Waals surface area contributed by atoms with E-state index in [0.717, 1.165) is 6.42 Å². The van der Waals surface area contributed by atoms with Crippen LogP contribution in [0.25, 0.3) is 0 Å². The maximum Gasteiger partial charge on any atom is 0.307 e. The van der Waals surface area contributed by atoms with Crippen molar-refractivity contribution in [2.45, 2.75) is 39.2 Å². The van der Waals surface area contributed by atoms with Crippen LogP contribution in [0.1, 0.15) is 33.1 Å². The number of carbonyl (C=O) groups is 2. The second kappa shape index (κ2) is 5.49. The smallest absolute Gasteiger partial charge is 0.307 e. The molecule has 19 heavy (non-hydrogen) atoms. The molecule has 0 bridgehead atoms. The van der Waals surface area contributed by atoms with Gasteiger partial charge < -0.3 is 15.1 Å². The van der Waals surface area contributed by atoms with Gasteiger partial charge in [0.2, 0.25) is 5.91 Å². The molecular formula is C14H23NO4. The monoisotopic (exact) mass is 269 g/mol. The Kier molecular flexibility index (Phi) is 4.13. The summed E-state index contributed by atoms with van der Waals surface area (Å²) in [4.78, 5) is 25.4. The molecule has 2 rings (SSSR count). The molecule has 1 saturated heterocycles. The Labute approximate surface area is 113 Å². The van der Waals surface area contributed by atoms with Crippen molar-refractivity contribution in [1.82, 2.24) is 4.90 Å². The number of aliphatic hydroxyl groups excluding tert-OH is 1. The van der Waals surface area contributed by atoms with Crippen LogP contribution in [-0.4, -0.2) is 46.2 Å². The molecule has 0 radical (unpaired) electrons. The van der Waals surface area contributed by atoms with Crippen molar-refractivity contribution in [3.63, 3.8) is 0 Å². The van der Waals surface area contributed by atoms with Gasteiger partial charge in [-0.05, 0) is 31.1 Å². The van der Waals surface area contributed by atoms with Gasteiger partial charge >= 0.3 is 5.97 Å². The lowest BCUT2D eigenvalue weighted by atomic mass is 9.91. The van der Waals surface area contributed by atoms with Crippen molar-refractivity contribution in [2.24, 2.45) is 23.7 Å². The first kappa shape index (κ1) is 14.3. The molecule has 1 aliphatic carbocycles. The van der Waals surface area contributed by atoms with Crippen molar-refractivity contribution < 1.29 is 19.8 Å². The maximum absolute atomic E-state index is 12.5. The van der Waals surface area contributed by atoms with Gasteiger partial charge in [-0.2, -0.15) is 0 Å². The fourth-order valence-electron chi connectivity index (χ4n) is 3.32. The number of amides is 1. The zero-order valence-electron chi connectivity index (χ0n) is 11.6. The number of carboxylic acids is 1. The number of hydrogen-bond acceptors (Lipinski definition) is 3. The van der Waals surface area contributed by atoms with E-state index < -0.39 is 23.9 Å². The minimum Gasteiger partial charge on any atom is -0.481 e. The van der Waals surface area contributed by atoms with Crippen molar-refractivity contribution in [1.29, 1.82) is 0 Å². The number of aliphatic hydroxyl groups is 1. The summed E-state index contributed by atoms with van der Waals surface area (Å²) in [5.74, 6) is -1.42. The van der Waals surface area contributed by atoms with Gasteiger partial charge in [-0.25, -0.2) is 0 Å². The number of hydrogen-bond donors (Lipinski definition) is 2. The number of β-amino-alcohol motifs (C(OH)–C–C–N with tert-alkyl or cyclic N) is 1. The molecule has 0 spiro atoms. The number of likely N-dealkylation sites (tertiary alicyclic amines) is 1. The molecule has 5 unspecified atom stereocenters. The molecule has 108 valence electrons. The Hall–Kier alpha value is -1.10. The molecule has 0 aromatic heterocycles. The third kappa shape index (κ3) is 2.91. The highest BCUT2D eigenvalue weighted by Gasteiger charge is 2.43. The summed E-state index contributed by atoms with van der Waals surface area (Å²) < 4.78 is 0. The molecule has 2 fully saturated rings. The fraction of sp³-hybridized carbons (Fsp3) is 0.857. The van der Waals surface area contributed by atoms with Crippen LogP contribution in [0.4, 0.5) is 0 Å². The number of nitrogens with zero attached hydrogens (tertiary/aromatic N) is 1. The maximum atomic E-state index is 12.5. The van der Waals surface area contributed by atoms with Crippen LogP contribution in [0.3, 0.4) is 0 Å². The molecule has 1 heterocycles. The van der Waals surface area contributed by atoms with Crippen molar-refractivity contribution >= 4 is 11.9 Å². The summed E-state index contributed by atoms with van der Waals surface area (Å²) >= 11 is 0. The van der Waals surface area contributed by atoms with E-state index in [4.69, 9.17) is 0 Å². The highest BCUT2D eigenvalue weighted by molar-refractivity contribution is 5.85. The highest BCUT2D eigenvalue weighted by Crippen LogP contribution is 2.38. The molecule has 5 atom stereocenters. The highest BCUT2D eigenvalue weighted by atomic mass is 16.4. The number of aliphatic carboxylic acids is 1. The van der Waals surface area contributed by atoms with Gasteiger partial charge in [0.25, 0.3) is 0 Å². The molecule has 2 N–H and O–H groups in total. The zero-order chi connectivity index (χ0) is 14.2. The molecule has 0 aromatic rings. The normalized spacial score (nSPS) is 39.3. The molecule has 5 nitrogen and oxygen atoms in total. The number of rotatable bonds is 2. The number of carboxylic acid groups (broad SMARTS) is 1. The Balaban J connectivity index is 2.04. The second-order valence-electron chi connectivity index (χ2n) is 6.25. The van der Waals surface area contributed by atoms with E-state index in [2.05, 4.69) is 0 Å². The lowest BCUT2D eigenvalue weighted by molar-refractivity contribution is -0.150. The van der Waals surface area contributed by atoms with Gasteiger partial charge in [0.15, 0.2) is 0 Å². The molecular weight excluding hydrogens is 246 g/mol. The van der Waals surface area contributed by atoms with Crippen molar-refractivity contribution in [2.75, 3.05) is 13.1 Å². The molecule has 1 amide bonds. The first-order valence-electron chi connectivity index (χ1n) is 7.09. The Bertz CT molecular complexity index is 370. The summed E-state index contributed by atoms with van der Waals surface area (Å²) in [6.07, 6.45) is 1.53. The largest absolute Gasteiger partial charge is 0.481 e. The zero-order valence-corrected chi connectivity index (χ0v) is 11.6. The van der Waals surface area contributed by atoms with E-state index in [9.17, 15) is 19.8 Å². The molecule has 0 aromatic carbocycles. The van der Waals surface area contributed by atoms with E-state index in [-0.39, 0.29) is 17.7 Å². The molecule has 5 heteroatoms. The average Bonchev–Trinajstić information content (AvgIpc) is 2.74. The summed E-state index contributed by atoms with van der Waals surface area (Å²) in [7, 11) is 0. The van der Waals surface area contributed by atoms with Crippen LogP contribution in [0.2, 0.25) is 0 Å². The lowest BCUT2D eigenvalue weighted by Gasteiger charge is -2.36. The predicted molar refractivity (Wildman–Crippen MR) is 69.4 cm³/mol. The molecule has 1 aliphatic heterocycles. The first-order chi connectivity index (χ1) is 8.90. The van der Waals surface area contributed by atoms with E-state index in [1.165, 1.54) is 0 Å². The predicted octanol–water partition coefficient (Wildman–Crippen LogP) is 0.963. The Morgan fingerprint density at radius 3 is 2.37 bits per heavy atom. The number of piperidine rings is 1. The van der Waals surface area contributed by atoms with Crippen LogP contribution >= 0.6 is 0 Å². The van der Waals surface area contributed by atoms with E-state index in [1.54, 1.807) is 4.90 Å². The van der Waals surface area contributed by atoms with Gasteiger partial charge in [0.05, 0.1) is 17.9 Å². The summed E-state index contributed by atoms with van der Waals surface area (Å²) in [6, 6.07) is 0. The standard InChI is InChI=1S/C14H23NO4/c1-8-5-10(11(6-8)14(18)19)13(17)15-4-3-9(2)12(16)7-15/h8-12,16H,3-7H2,1-2H3,(H,18,19). The van der Waals surface area contributed by atoms with Crippen LogP contribution in [-0.2, 0) is 9.59 Å². The Morgan fingerprint density at radius 1 is 1.16 bits per heavy atom. The van der Waals surface area contributed by atoms with Crippen LogP contribution in [0.15, 0.2) is 0 Å². The van der Waals surface area contributed by atoms with E-state index >= 15 is 0 Å². The van der Waals surface area contributed by atoms with Crippen molar-refractivity contribution in [3.8, 4) is 0 Å². The van der Waals surface area contributed by atoms with Gasteiger partial charge in [0, 0.05) is 13.1 Å².